The van der Waals surface area contributed by atoms with Crippen LogP contribution in [0.3, 0.4) is 0 Å². The summed E-state index contributed by atoms with van der Waals surface area (Å²) in [6.07, 6.45) is 6.54. The van der Waals surface area contributed by atoms with Crippen LogP contribution >= 0.6 is 10.0 Å². The van der Waals surface area contributed by atoms with Crippen molar-refractivity contribution in [3.63, 3.8) is 0 Å². The Hall–Kier alpha value is -3.97. The van der Waals surface area contributed by atoms with Crippen LogP contribution in [0.25, 0.3) is 0 Å². The predicted molar refractivity (Wildman–Crippen MR) is 153 cm³/mol. The molecule has 0 amide bonds. The fraction of sp³-hybridized carbons (Fsp3) is 0.226. The molecule has 38 heavy (non-hydrogen) atoms. The van der Waals surface area contributed by atoms with Gasteiger partial charge in [0, 0.05) is 0 Å². The molecule has 3 aromatic rings. The van der Waals surface area contributed by atoms with E-state index < -0.39 is 10.0 Å². The zero-order valence-corrected chi connectivity index (χ0v) is 22.7. The van der Waals surface area contributed by atoms with E-state index in [1.807, 2.05) is 36.4 Å². The van der Waals surface area contributed by atoms with Gasteiger partial charge in [0.1, 0.15) is 56.9 Å². The van der Waals surface area contributed by atoms with Gasteiger partial charge in [-0.05, 0) is 93.7 Å². The summed E-state index contributed by atoms with van der Waals surface area (Å²) < 4.78 is 32.8. The zero-order chi connectivity index (χ0) is 27.1. The lowest BCUT2D eigenvalue weighted by Crippen LogP contribution is -2.06. The van der Waals surface area contributed by atoms with Crippen molar-refractivity contribution in [3.05, 3.63) is 111 Å². The van der Waals surface area contributed by atoms with Gasteiger partial charge >= 0.3 is 0 Å². The second-order valence-corrected chi connectivity index (χ2v) is 11.2. The van der Waals surface area contributed by atoms with E-state index in [1.54, 1.807) is 0 Å². The van der Waals surface area contributed by atoms with Gasteiger partial charge in [0.25, 0.3) is 0 Å². The summed E-state index contributed by atoms with van der Waals surface area (Å²) in [6, 6.07) is 24.8. The van der Waals surface area contributed by atoms with E-state index in [-0.39, 0.29) is 0 Å². The molecule has 0 aliphatic heterocycles. The summed E-state index contributed by atoms with van der Waals surface area (Å²) in [4.78, 5) is 3.61. The van der Waals surface area contributed by atoms with Crippen LogP contribution in [0.1, 0.15) is 0 Å². The highest BCUT2D eigenvalue weighted by Crippen LogP contribution is 2.65. The van der Waals surface area contributed by atoms with Gasteiger partial charge in [-0.15, -0.1) is 0 Å². The van der Waals surface area contributed by atoms with Crippen LogP contribution in [-0.2, 0) is 14.2 Å². The van der Waals surface area contributed by atoms with Crippen molar-refractivity contribution in [1.29, 1.82) is 0 Å². The average Bonchev–Trinajstić information content (AvgIpc) is 2.96. The fourth-order valence-corrected chi connectivity index (χ4v) is 6.56. The molecule has 0 heterocycles. The van der Waals surface area contributed by atoms with E-state index in [4.69, 9.17) is 28.4 Å². The minimum Gasteiger partial charge on any atom is -0.498 e. The Morgan fingerprint density at radius 2 is 0.737 bits per heavy atom. The number of ether oxygens (including phenoxy) is 6. The lowest BCUT2D eigenvalue weighted by molar-refractivity contribution is 0.179. The van der Waals surface area contributed by atoms with Crippen molar-refractivity contribution in [1.82, 2.24) is 0 Å². The Kier molecular flexibility index (Phi) is 11.5. The average molecular weight is 537 g/mol. The monoisotopic (exact) mass is 536 g/mol. The highest BCUT2D eigenvalue weighted by molar-refractivity contribution is 8.33. The third kappa shape index (κ3) is 8.02. The number of hydrogen-bond acceptors (Lipinski definition) is 6. The standard InChI is InChI=1S/C31H36O6S/c1-5-32-20-23-35-26-8-14-29(15-9-26)38(4,30-16-10-27(11-17-30)36-24-21-33-6-2)31-18-12-28(13-19-31)37-25-22-34-7-3/h5-19H,1-3,20-25H2,4H3. The first-order chi connectivity index (χ1) is 18.6. The lowest BCUT2D eigenvalue weighted by atomic mass is 10.3. The Morgan fingerprint density at radius 3 is 0.974 bits per heavy atom. The second-order valence-electron chi connectivity index (χ2n) is 7.99. The first kappa shape index (κ1) is 28.6. The van der Waals surface area contributed by atoms with E-state index in [0.29, 0.717) is 39.6 Å². The van der Waals surface area contributed by atoms with E-state index in [2.05, 4.69) is 62.4 Å². The van der Waals surface area contributed by atoms with Crippen molar-refractivity contribution < 1.29 is 28.4 Å². The van der Waals surface area contributed by atoms with Gasteiger partial charge < -0.3 is 28.4 Å². The molecular weight excluding hydrogens is 500 g/mol. The summed E-state index contributed by atoms with van der Waals surface area (Å²) in [5.41, 5.74) is 0. The van der Waals surface area contributed by atoms with Gasteiger partial charge in [-0.3, -0.25) is 0 Å². The van der Waals surface area contributed by atoms with E-state index in [1.165, 1.54) is 33.5 Å². The van der Waals surface area contributed by atoms with Crippen LogP contribution in [0.15, 0.2) is 126 Å². The first-order valence-electron chi connectivity index (χ1n) is 12.3. The minimum atomic E-state index is -1.59. The van der Waals surface area contributed by atoms with Crippen molar-refractivity contribution in [2.24, 2.45) is 0 Å². The van der Waals surface area contributed by atoms with Gasteiger partial charge in [0.15, 0.2) is 0 Å². The summed E-state index contributed by atoms with van der Waals surface area (Å²) in [6.45, 7) is 13.4. The van der Waals surface area contributed by atoms with Crippen LogP contribution in [0.5, 0.6) is 17.2 Å². The topological polar surface area (TPSA) is 55.4 Å². The SMILES string of the molecule is C=COCCOc1ccc(S(C)(c2ccc(OCCOC=C)cc2)c2ccc(OCCOC=C)cc2)cc1. The third-order valence-corrected chi connectivity index (χ3v) is 9.29. The van der Waals surface area contributed by atoms with Crippen LogP contribution in [0, 0.1) is 0 Å². The van der Waals surface area contributed by atoms with Gasteiger partial charge in [0.05, 0.1) is 18.8 Å². The van der Waals surface area contributed by atoms with Gasteiger partial charge in [-0.2, -0.15) is 10.0 Å². The molecule has 3 aromatic carbocycles. The molecule has 0 saturated carbocycles. The van der Waals surface area contributed by atoms with Crippen LogP contribution in [0.2, 0.25) is 0 Å². The van der Waals surface area contributed by atoms with Gasteiger partial charge in [-0.25, -0.2) is 0 Å². The third-order valence-electron chi connectivity index (χ3n) is 5.65. The quantitative estimate of drug-likeness (QED) is 0.126. The molecule has 0 saturated heterocycles. The van der Waals surface area contributed by atoms with Crippen molar-refractivity contribution in [2.75, 3.05) is 45.9 Å². The van der Waals surface area contributed by atoms with Gasteiger partial charge in [0.2, 0.25) is 0 Å². The summed E-state index contributed by atoms with van der Waals surface area (Å²) in [5.74, 6) is 2.37. The molecule has 202 valence electrons. The minimum absolute atomic E-state index is 0.452. The van der Waals surface area contributed by atoms with Gasteiger partial charge in [-0.1, -0.05) is 19.7 Å². The number of rotatable bonds is 18. The molecule has 0 aliphatic rings. The molecule has 6 nitrogen and oxygen atoms in total. The van der Waals surface area contributed by atoms with Crippen LogP contribution < -0.4 is 14.2 Å². The summed E-state index contributed by atoms with van der Waals surface area (Å²) in [5, 5.41) is 0. The first-order valence-corrected chi connectivity index (χ1v) is 14.3. The molecule has 0 unspecified atom stereocenters. The maximum absolute atomic E-state index is 5.80. The second kappa shape index (κ2) is 15.3. The van der Waals surface area contributed by atoms with E-state index in [9.17, 15) is 0 Å². The maximum atomic E-state index is 5.80. The molecule has 0 radical (unpaired) electrons. The molecule has 0 aliphatic carbocycles. The van der Waals surface area contributed by atoms with Crippen molar-refractivity contribution in [3.8, 4) is 17.2 Å². The number of benzene rings is 3. The molecule has 0 aromatic heterocycles. The number of hydrogen-bond donors (Lipinski definition) is 0. The molecule has 0 atom stereocenters. The molecule has 3 rings (SSSR count). The molecule has 0 fully saturated rings. The maximum Gasteiger partial charge on any atom is 0.122 e. The molecule has 7 heteroatoms. The smallest absolute Gasteiger partial charge is 0.122 e. The van der Waals surface area contributed by atoms with Crippen molar-refractivity contribution >= 4 is 10.0 Å². The van der Waals surface area contributed by atoms with E-state index >= 15 is 0 Å². The van der Waals surface area contributed by atoms with Crippen molar-refractivity contribution in [2.45, 2.75) is 14.7 Å². The molecule has 0 N–H and O–H groups in total. The Balaban J connectivity index is 1.85. The Morgan fingerprint density at radius 1 is 0.474 bits per heavy atom. The summed E-state index contributed by atoms with van der Waals surface area (Å²) in [7, 11) is -1.59. The van der Waals surface area contributed by atoms with E-state index in [0.717, 1.165) is 17.2 Å². The Labute approximate surface area is 227 Å². The van der Waals surface area contributed by atoms with Crippen LogP contribution in [-0.4, -0.2) is 45.9 Å². The molecular formula is C31H36O6S. The zero-order valence-electron chi connectivity index (χ0n) is 21.9. The molecule has 0 bridgehead atoms. The molecule has 0 spiro atoms. The summed E-state index contributed by atoms with van der Waals surface area (Å²) >= 11 is 0. The predicted octanol–water partition coefficient (Wildman–Crippen LogP) is 7.21. The largest absolute Gasteiger partial charge is 0.498 e. The highest BCUT2D eigenvalue weighted by atomic mass is 32.3. The highest BCUT2D eigenvalue weighted by Gasteiger charge is 2.26. The normalized spacial score (nSPS) is 11.1. The van der Waals surface area contributed by atoms with Crippen LogP contribution in [0.4, 0.5) is 0 Å². The lowest BCUT2D eigenvalue weighted by Gasteiger charge is -2.37. The fourth-order valence-electron chi connectivity index (χ4n) is 3.71. The Bertz CT molecular complexity index is 982.